The smallest absolute Gasteiger partial charge is 0.407 e. The van der Waals surface area contributed by atoms with E-state index in [0.29, 0.717) is 30.9 Å². The van der Waals surface area contributed by atoms with E-state index in [1.54, 1.807) is 12.1 Å². The molecule has 0 fully saturated rings. The van der Waals surface area contributed by atoms with Crippen LogP contribution in [0.4, 0.5) is 4.79 Å². The van der Waals surface area contributed by atoms with Crippen molar-refractivity contribution in [2.24, 2.45) is 0 Å². The summed E-state index contributed by atoms with van der Waals surface area (Å²) in [6.45, 7) is 8.35. The highest BCUT2D eigenvalue weighted by atomic mass is 16.6. The fourth-order valence-electron chi connectivity index (χ4n) is 1.84. The van der Waals surface area contributed by atoms with E-state index < -0.39 is 11.7 Å². The highest BCUT2D eigenvalue weighted by molar-refractivity contribution is 5.80. The number of ether oxygens (including phenoxy) is 2. The average Bonchev–Trinajstić information content (AvgIpc) is 2.46. The standard InChI is InChI=1S/C18H25NO4/c1-5-22-16-10-9-14(12-15(16)13-20)8-6-7-11-19-17(21)23-18(2,3)4/h6,8-10,12-13H,5,7,11H2,1-4H3,(H,19,21). The molecule has 0 aliphatic rings. The summed E-state index contributed by atoms with van der Waals surface area (Å²) in [4.78, 5) is 22.5. The molecule has 0 atom stereocenters. The third-order valence-electron chi connectivity index (χ3n) is 2.75. The van der Waals surface area contributed by atoms with Crippen molar-refractivity contribution in [3.05, 3.63) is 35.4 Å². The van der Waals surface area contributed by atoms with Crippen molar-refractivity contribution < 1.29 is 19.1 Å². The predicted molar refractivity (Wildman–Crippen MR) is 90.9 cm³/mol. The monoisotopic (exact) mass is 319 g/mol. The van der Waals surface area contributed by atoms with Gasteiger partial charge in [0.05, 0.1) is 12.2 Å². The Morgan fingerprint density at radius 2 is 2.04 bits per heavy atom. The number of rotatable bonds is 7. The second-order valence-electron chi connectivity index (χ2n) is 5.97. The lowest BCUT2D eigenvalue weighted by molar-refractivity contribution is 0.0528. The molecule has 126 valence electrons. The number of amides is 1. The van der Waals surface area contributed by atoms with E-state index in [1.165, 1.54) is 0 Å². The van der Waals surface area contributed by atoms with Crippen LogP contribution in [0.25, 0.3) is 6.08 Å². The van der Waals surface area contributed by atoms with Gasteiger partial charge in [-0.25, -0.2) is 4.79 Å². The molecule has 0 spiro atoms. The lowest BCUT2D eigenvalue weighted by atomic mass is 10.1. The largest absolute Gasteiger partial charge is 0.493 e. The molecule has 1 rings (SSSR count). The van der Waals surface area contributed by atoms with Crippen molar-refractivity contribution >= 4 is 18.5 Å². The van der Waals surface area contributed by atoms with Gasteiger partial charge in [0.2, 0.25) is 0 Å². The van der Waals surface area contributed by atoms with E-state index in [-0.39, 0.29) is 0 Å². The Morgan fingerprint density at radius 3 is 2.65 bits per heavy atom. The number of carbonyl (C=O) groups is 2. The number of aldehydes is 1. The van der Waals surface area contributed by atoms with Crippen LogP contribution in [0.15, 0.2) is 24.3 Å². The fraction of sp³-hybridized carbons (Fsp3) is 0.444. The molecule has 0 saturated carbocycles. The Kier molecular flexibility index (Phi) is 7.32. The zero-order chi connectivity index (χ0) is 17.3. The van der Waals surface area contributed by atoms with Gasteiger partial charge in [0.25, 0.3) is 0 Å². The van der Waals surface area contributed by atoms with E-state index in [0.717, 1.165) is 11.8 Å². The van der Waals surface area contributed by atoms with Crippen molar-refractivity contribution in [1.29, 1.82) is 0 Å². The normalized spacial score (nSPS) is 11.3. The molecule has 5 heteroatoms. The first-order valence-corrected chi connectivity index (χ1v) is 7.71. The van der Waals surface area contributed by atoms with Crippen LogP contribution < -0.4 is 10.1 Å². The van der Waals surface area contributed by atoms with Gasteiger partial charge in [-0.2, -0.15) is 0 Å². The Bertz CT molecular complexity index is 559. The minimum absolute atomic E-state index is 0.421. The lowest BCUT2D eigenvalue weighted by Gasteiger charge is -2.19. The summed E-state index contributed by atoms with van der Waals surface area (Å²) >= 11 is 0. The number of hydrogen-bond acceptors (Lipinski definition) is 4. The van der Waals surface area contributed by atoms with Gasteiger partial charge in [0.1, 0.15) is 11.4 Å². The Hall–Kier alpha value is -2.30. The van der Waals surface area contributed by atoms with Gasteiger partial charge in [-0.15, -0.1) is 0 Å². The number of benzene rings is 1. The fourth-order valence-corrected chi connectivity index (χ4v) is 1.84. The summed E-state index contributed by atoms with van der Waals surface area (Å²) in [5.74, 6) is 0.589. The molecular formula is C18H25NO4. The molecule has 0 saturated heterocycles. The summed E-state index contributed by atoms with van der Waals surface area (Å²) < 4.78 is 10.5. The van der Waals surface area contributed by atoms with Crippen LogP contribution in [-0.4, -0.2) is 31.1 Å². The molecular weight excluding hydrogens is 294 g/mol. The van der Waals surface area contributed by atoms with E-state index >= 15 is 0 Å². The quantitative estimate of drug-likeness (QED) is 0.613. The molecule has 0 heterocycles. The predicted octanol–water partition coefficient (Wildman–Crippen LogP) is 3.83. The first kappa shape index (κ1) is 18.7. The van der Waals surface area contributed by atoms with E-state index in [1.807, 2.05) is 45.9 Å². The van der Waals surface area contributed by atoms with E-state index in [4.69, 9.17) is 9.47 Å². The van der Waals surface area contributed by atoms with Crippen molar-refractivity contribution in [3.8, 4) is 5.75 Å². The van der Waals surface area contributed by atoms with Crippen LogP contribution >= 0.6 is 0 Å². The highest BCUT2D eigenvalue weighted by Crippen LogP contribution is 2.19. The zero-order valence-corrected chi connectivity index (χ0v) is 14.2. The van der Waals surface area contributed by atoms with E-state index in [9.17, 15) is 9.59 Å². The first-order valence-electron chi connectivity index (χ1n) is 7.71. The van der Waals surface area contributed by atoms with Crippen LogP contribution in [0.3, 0.4) is 0 Å². The maximum atomic E-state index is 11.5. The third kappa shape index (κ3) is 7.49. The van der Waals surface area contributed by atoms with Gasteiger partial charge in [0, 0.05) is 6.54 Å². The van der Waals surface area contributed by atoms with Crippen molar-refractivity contribution in [2.75, 3.05) is 13.2 Å². The number of carbonyl (C=O) groups excluding carboxylic acids is 2. The summed E-state index contributed by atoms with van der Waals surface area (Å²) in [5, 5.41) is 2.69. The minimum atomic E-state index is -0.493. The van der Waals surface area contributed by atoms with Crippen LogP contribution in [0.5, 0.6) is 5.75 Å². The van der Waals surface area contributed by atoms with Crippen molar-refractivity contribution in [2.45, 2.75) is 39.7 Å². The number of nitrogens with one attached hydrogen (secondary N) is 1. The van der Waals surface area contributed by atoms with Crippen LogP contribution in [0.2, 0.25) is 0 Å². The number of hydrogen-bond donors (Lipinski definition) is 1. The van der Waals surface area contributed by atoms with Crippen molar-refractivity contribution in [3.63, 3.8) is 0 Å². The topological polar surface area (TPSA) is 64.6 Å². The zero-order valence-electron chi connectivity index (χ0n) is 14.2. The van der Waals surface area contributed by atoms with Crippen LogP contribution in [0, 0.1) is 0 Å². The van der Waals surface area contributed by atoms with E-state index in [2.05, 4.69) is 5.32 Å². The molecule has 1 aromatic rings. The van der Waals surface area contributed by atoms with Gasteiger partial charge >= 0.3 is 6.09 Å². The SMILES string of the molecule is CCOc1ccc(C=CCCNC(=O)OC(C)(C)C)cc1C=O. The maximum absolute atomic E-state index is 11.5. The first-order chi connectivity index (χ1) is 10.9. The molecule has 0 bridgehead atoms. The van der Waals surface area contributed by atoms with Crippen LogP contribution in [0.1, 0.15) is 50.0 Å². The Morgan fingerprint density at radius 1 is 1.30 bits per heavy atom. The van der Waals surface area contributed by atoms with Gasteiger partial charge < -0.3 is 14.8 Å². The number of alkyl carbamates (subject to hydrolysis) is 1. The third-order valence-corrected chi connectivity index (χ3v) is 2.75. The summed E-state index contributed by atoms with van der Waals surface area (Å²) in [7, 11) is 0. The molecule has 23 heavy (non-hydrogen) atoms. The molecule has 0 aromatic heterocycles. The molecule has 1 aromatic carbocycles. The molecule has 0 unspecified atom stereocenters. The van der Waals surface area contributed by atoms with Gasteiger partial charge in [-0.3, -0.25) is 4.79 Å². The molecule has 5 nitrogen and oxygen atoms in total. The van der Waals surface area contributed by atoms with Gasteiger partial charge in [0.15, 0.2) is 6.29 Å². The van der Waals surface area contributed by atoms with Crippen LogP contribution in [-0.2, 0) is 4.74 Å². The summed E-state index contributed by atoms with van der Waals surface area (Å²) in [6, 6.07) is 5.44. The molecule has 0 aliphatic carbocycles. The van der Waals surface area contributed by atoms with Crippen molar-refractivity contribution in [1.82, 2.24) is 5.32 Å². The lowest BCUT2D eigenvalue weighted by Crippen LogP contribution is -2.32. The summed E-state index contributed by atoms with van der Waals surface area (Å²) in [5.41, 5.74) is 0.946. The average molecular weight is 319 g/mol. The molecule has 0 radical (unpaired) electrons. The highest BCUT2D eigenvalue weighted by Gasteiger charge is 2.15. The second-order valence-corrected chi connectivity index (χ2v) is 5.97. The molecule has 1 amide bonds. The van der Waals surface area contributed by atoms with Gasteiger partial charge in [-0.05, 0) is 51.8 Å². The Balaban J connectivity index is 2.46. The second kappa shape index (κ2) is 8.98. The minimum Gasteiger partial charge on any atom is -0.493 e. The van der Waals surface area contributed by atoms with Gasteiger partial charge in [-0.1, -0.05) is 18.2 Å². The molecule has 0 aliphatic heterocycles. The molecule has 1 N–H and O–H groups in total. The Labute approximate surface area is 137 Å². The summed E-state index contributed by atoms with van der Waals surface area (Å²) in [6.07, 6.45) is 4.87. The maximum Gasteiger partial charge on any atom is 0.407 e.